The summed E-state index contributed by atoms with van der Waals surface area (Å²) in [6.45, 7) is 2.26. The fourth-order valence-corrected chi connectivity index (χ4v) is 3.53. The maximum absolute atomic E-state index is 13.3. The number of halogens is 1. The predicted octanol–water partition coefficient (Wildman–Crippen LogP) is 2.78. The monoisotopic (exact) mass is 398 g/mol. The summed E-state index contributed by atoms with van der Waals surface area (Å²) >= 11 is 0. The van der Waals surface area contributed by atoms with Crippen molar-refractivity contribution in [2.75, 3.05) is 43.9 Å². The van der Waals surface area contributed by atoms with Gasteiger partial charge < -0.3 is 15.5 Å². The molecule has 1 unspecified atom stereocenters. The molecule has 0 saturated carbocycles. The molecule has 0 aliphatic carbocycles. The average Bonchev–Trinajstić information content (AvgIpc) is 3.23. The van der Waals surface area contributed by atoms with Crippen molar-refractivity contribution in [3.05, 3.63) is 59.9 Å². The molecule has 1 atom stereocenters. The van der Waals surface area contributed by atoms with Crippen LogP contribution in [0.25, 0.3) is 0 Å². The van der Waals surface area contributed by atoms with E-state index in [2.05, 4.69) is 39.8 Å². The van der Waals surface area contributed by atoms with Gasteiger partial charge in [0.25, 0.3) is 0 Å². The summed E-state index contributed by atoms with van der Waals surface area (Å²) in [5, 5.41) is 5.16. The molecule has 0 aromatic heterocycles. The summed E-state index contributed by atoms with van der Waals surface area (Å²) in [5.41, 5.74) is 2.45. The first-order chi connectivity index (χ1) is 13.9. The molecule has 2 amide bonds. The molecule has 29 heavy (non-hydrogen) atoms. The first-order valence-corrected chi connectivity index (χ1v) is 9.80. The van der Waals surface area contributed by atoms with Crippen LogP contribution >= 0.6 is 0 Å². The highest BCUT2D eigenvalue weighted by atomic mass is 19.1. The molecule has 7 heteroatoms. The maximum Gasteiger partial charge on any atom is 0.313 e. The minimum atomic E-state index is -0.807. The Morgan fingerprint density at radius 2 is 1.76 bits per heavy atom. The lowest BCUT2D eigenvalue weighted by Crippen LogP contribution is -2.41. The highest BCUT2D eigenvalue weighted by molar-refractivity contribution is 6.39. The van der Waals surface area contributed by atoms with E-state index < -0.39 is 17.6 Å². The molecule has 0 bridgehead atoms. The van der Waals surface area contributed by atoms with E-state index in [9.17, 15) is 14.0 Å². The molecule has 154 valence electrons. The number of nitrogens with zero attached hydrogens (tertiary/aromatic N) is 2. The SMILES string of the molecule is CN(C)c1ccc(C(CNC(=O)C(=O)Nc2cccc(F)c2)N2CCCC2)cc1. The second kappa shape index (κ2) is 9.52. The molecule has 2 aromatic carbocycles. The third kappa shape index (κ3) is 5.54. The van der Waals surface area contributed by atoms with Crippen molar-refractivity contribution in [2.24, 2.45) is 0 Å². The van der Waals surface area contributed by atoms with E-state index in [4.69, 9.17) is 0 Å². The summed E-state index contributed by atoms with van der Waals surface area (Å²) < 4.78 is 13.3. The number of anilines is 2. The number of hydrogen-bond acceptors (Lipinski definition) is 4. The van der Waals surface area contributed by atoms with Crippen LogP contribution in [-0.4, -0.2) is 50.4 Å². The highest BCUT2D eigenvalue weighted by Crippen LogP contribution is 2.26. The lowest BCUT2D eigenvalue weighted by atomic mass is 10.0. The molecule has 6 nitrogen and oxygen atoms in total. The Morgan fingerprint density at radius 1 is 1.07 bits per heavy atom. The molecule has 1 aliphatic heterocycles. The molecule has 0 spiro atoms. The molecule has 2 aromatic rings. The normalized spacial score (nSPS) is 15.0. The molecule has 0 radical (unpaired) electrons. The lowest BCUT2D eigenvalue weighted by molar-refractivity contribution is -0.136. The fraction of sp³-hybridized carbons (Fsp3) is 0.364. The standard InChI is InChI=1S/C22H27FN4O2/c1-26(2)19-10-8-16(9-11-19)20(27-12-3-4-13-27)15-24-21(28)22(29)25-18-7-5-6-17(23)14-18/h5-11,14,20H,3-4,12-13,15H2,1-2H3,(H,24,28)(H,25,29). The number of carbonyl (C=O) groups is 2. The zero-order valence-electron chi connectivity index (χ0n) is 16.8. The van der Waals surface area contributed by atoms with Gasteiger partial charge in [0.15, 0.2) is 0 Å². The summed E-state index contributed by atoms with van der Waals surface area (Å²) in [7, 11) is 3.98. The van der Waals surface area contributed by atoms with Crippen LogP contribution in [0.2, 0.25) is 0 Å². The number of rotatable bonds is 6. The van der Waals surface area contributed by atoms with E-state index in [1.54, 1.807) is 0 Å². The number of hydrogen-bond donors (Lipinski definition) is 2. The van der Waals surface area contributed by atoms with Crippen LogP contribution in [0.15, 0.2) is 48.5 Å². The van der Waals surface area contributed by atoms with Gasteiger partial charge in [-0.3, -0.25) is 14.5 Å². The van der Waals surface area contributed by atoms with E-state index >= 15 is 0 Å². The van der Waals surface area contributed by atoms with Gasteiger partial charge in [-0.05, 0) is 61.8 Å². The Bertz CT molecular complexity index is 848. The molecule has 1 heterocycles. The molecule has 1 saturated heterocycles. The number of likely N-dealkylation sites (tertiary alicyclic amines) is 1. The predicted molar refractivity (Wildman–Crippen MR) is 112 cm³/mol. The van der Waals surface area contributed by atoms with Crippen LogP contribution < -0.4 is 15.5 Å². The lowest BCUT2D eigenvalue weighted by Gasteiger charge is -2.28. The number of benzene rings is 2. The second-order valence-corrected chi connectivity index (χ2v) is 7.42. The van der Waals surface area contributed by atoms with E-state index in [1.165, 1.54) is 24.3 Å². The Kier molecular flexibility index (Phi) is 6.82. The van der Waals surface area contributed by atoms with E-state index in [0.717, 1.165) is 37.2 Å². The van der Waals surface area contributed by atoms with Crippen molar-refractivity contribution in [2.45, 2.75) is 18.9 Å². The topological polar surface area (TPSA) is 64.7 Å². The van der Waals surface area contributed by atoms with E-state index in [0.29, 0.717) is 6.54 Å². The van der Waals surface area contributed by atoms with Gasteiger partial charge in [0.2, 0.25) is 0 Å². The van der Waals surface area contributed by atoms with Gasteiger partial charge in [0.05, 0.1) is 6.04 Å². The Morgan fingerprint density at radius 3 is 2.38 bits per heavy atom. The summed E-state index contributed by atoms with van der Waals surface area (Å²) in [6, 6.07) is 13.7. The summed E-state index contributed by atoms with van der Waals surface area (Å²) in [4.78, 5) is 28.8. The van der Waals surface area contributed by atoms with Gasteiger partial charge in [0.1, 0.15) is 5.82 Å². The summed E-state index contributed by atoms with van der Waals surface area (Å²) in [6.07, 6.45) is 2.25. The van der Waals surface area contributed by atoms with Crippen LogP contribution in [0.1, 0.15) is 24.4 Å². The molecule has 2 N–H and O–H groups in total. The second-order valence-electron chi connectivity index (χ2n) is 7.42. The third-order valence-electron chi connectivity index (χ3n) is 5.12. The van der Waals surface area contributed by atoms with Gasteiger partial charge in [-0.2, -0.15) is 0 Å². The van der Waals surface area contributed by atoms with Gasteiger partial charge in [-0.1, -0.05) is 18.2 Å². The van der Waals surface area contributed by atoms with Gasteiger partial charge in [0, 0.05) is 32.0 Å². The van der Waals surface area contributed by atoms with Crippen molar-refractivity contribution >= 4 is 23.2 Å². The molecule has 1 aliphatic rings. The quantitative estimate of drug-likeness (QED) is 0.735. The van der Waals surface area contributed by atoms with Gasteiger partial charge in [-0.25, -0.2) is 4.39 Å². The smallest absolute Gasteiger partial charge is 0.313 e. The molecular weight excluding hydrogens is 371 g/mol. The first-order valence-electron chi connectivity index (χ1n) is 9.80. The van der Waals surface area contributed by atoms with Gasteiger partial charge >= 0.3 is 11.8 Å². The van der Waals surface area contributed by atoms with E-state index in [-0.39, 0.29) is 11.7 Å². The maximum atomic E-state index is 13.3. The van der Waals surface area contributed by atoms with Crippen LogP contribution in [0.4, 0.5) is 15.8 Å². The first kappa shape index (κ1) is 20.8. The Balaban J connectivity index is 1.64. The largest absolute Gasteiger partial charge is 0.378 e. The fourth-order valence-electron chi connectivity index (χ4n) is 3.53. The van der Waals surface area contributed by atoms with Crippen LogP contribution in [0.3, 0.4) is 0 Å². The van der Waals surface area contributed by atoms with Crippen molar-refractivity contribution in [3.63, 3.8) is 0 Å². The Hall–Kier alpha value is -2.93. The molecule has 1 fully saturated rings. The van der Waals surface area contributed by atoms with Crippen molar-refractivity contribution in [1.82, 2.24) is 10.2 Å². The van der Waals surface area contributed by atoms with Crippen molar-refractivity contribution < 1.29 is 14.0 Å². The van der Waals surface area contributed by atoms with Crippen LogP contribution in [0.5, 0.6) is 0 Å². The Labute approximate surface area is 170 Å². The van der Waals surface area contributed by atoms with E-state index in [1.807, 2.05) is 19.0 Å². The highest BCUT2D eigenvalue weighted by Gasteiger charge is 2.25. The number of amides is 2. The van der Waals surface area contributed by atoms with Crippen LogP contribution in [0, 0.1) is 5.82 Å². The minimum absolute atomic E-state index is 0.000341. The third-order valence-corrected chi connectivity index (χ3v) is 5.12. The number of nitrogens with one attached hydrogen (secondary N) is 2. The molecular formula is C22H27FN4O2. The van der Waals surface area contributed by atoms with Crippen molar-refractivity contribution in [3.8, 4) is 0 Å². The number of carbonyl (C=O) groups excluding carboxylic acids is 2. The van der Waals surface area contributed by atoms with Gasteiger partial charge in [-0.15, -0.1) is 0 Å². The summed E-state index contributed by atoms with van der Waals surface area (Å²) in [5.74, 6) is -2.01. The zero-order chi connectivity index (χ0) is 20.8. The molecule has 3 rings (SSSR count). The van der Waals surface area contributed by atoms with Crippen LogP contribution in [-0.2, 0) is 9.59 Å². The zero-order valence-corrected chi connectivity index (χ0v) is 16.8. The average molecular weight is 398 g/mol. The minimum Gasteiger partial charge on any atom is -0.378 e. The van der Waals surface area contributed by atoms with Crippen molar-refractivity contribution in [1.29, 1.82) is 0 Å².